The third-order valence-corrected chi connectivity index (χ3v) is 2.81. The molecule has 2 rings (SSSR count). The molecular formula is C12H10Cl2N2O. The van der Waals surface area contributed by atoms with Gasteiger partial charge in [-0.05, 0) is 30.7 Å². The molecule has 0 spiro atoms. The van der Waals surface area contributed by atoms with E-state index in [1.165, 1.54) is 6.07 Å². The van der Waals surface area contributed by atoms with Gasteiger partial charge in [0.2, 0.25) is 0 Å². The Morgan fingerprint density at radius 2 is 1.94 bits per heavy atom. The molecule has 0 saturated heterocycles. The fourth-order valence-electron chi connectivity index (χ4n) is 1.42. The van der Waals surface area contributed by atoms with Crippen molar-refractivity contribution < 1.29 is 5.11 Å². The molecule has 0 aliphatic carbocycles. The van der Waals surface area contributed by atoms with Gasteiger partial charge in [0.25, 0.3) is 0 Å². The highest BCUT2D eigenvalue weighted by molar-refractivity contribution is 6.32. The number of benzene rings is 1. The van der Waals surface area contributed by atoms with E-state index >= 15 is 0 Å². The van der Waals surface area contributed by atoms with Gasteiger partial charge in [0.05, 0.1) is 5.02 Å². The van der Waals surface area contributed by atoms with E-state index in [4.69, 9.17) is 23.2 Å². The van der Waals surface area contributed by atoms with Crippen molar-refractivity contribution in [2.24, 2.45) is 0 Å². The first kappa shape index (κ1) is 12.1. The Kier molecular flexibility index (Phi) is 3.50. The van der Waals surface area contributed by atoms with Crippen molar-refractivity contribution in [2.45, 2.75) is 13.3 Å². The summed E-state index contributed by atoms with van der Waals surface area (Å²) in [6.45, 7) is 1.99. The second-order valence-electron chi connectivity index (χ2n) is 3.53. The topological polar surface area (TPSA) is 46.0 Å². The van der Waals surface area contributed by atoms with Crippen molar-refractivity contribution in [1.29, 1.82) is 0 Å². The fourth-order valence-corrected chi connectivity index (χ4v) is 1.81. The van der Waals surface area contributed by atoms with Crippen molar-refractivity contribution in [3.8, 4) is 17.1 Å². The molecule has 17 heavy (non-hydrogen) atoms. The quantitative estimate of drug-likeness (QED) is 0.845. The highest BCUT2D eigenvalue weighted by Gasteiger charge is 2.07. The number of halogens is 2. The largest absolute Gasteiger partial charge is 0.506 e. The Labute approximate surface area is 109 Å². The van der Waals surface area contributed by atoms with Crippen LogP contribution in [0, 0.1) is 0 Å². The van der Waals surface area contributed by atoms with Gasteiger partial charge in [-0.15, -0.1) is 0 Å². The van der Waals surface area contributed by atoms with Crippen LogP contribution < -0.4 is 0 Å². The van der Waals surface area contributed by atoms with Crippen LogP contribution in [-0.4, -0.2) is 15.1 Å². The summed E-state index contributed by atoms with van der Waals surface area (Å²) >= 11 is 11.8. The maximum atomic E-state index is 9.35. The fraction of sp³-hybridized carbons (Fsp3) is 0.167. The molecule has 1 heterocycles. The molecule has 88 valence electrons. The smallest absolute Gasteiger partial charge is 0.161 e. The first-order valence-electron chi connectivity index (χ1n) is 5.12. The number of aryl methyl sites for hydroxylation is 1. The van der Waals surface area contributed by atoms with Crippen molar-refractivity contribution in [2.75, 3.05) is 0 Å². The van der Waals surface area contributed by atoms with Crippen LogP contribution in [0.1, 0.15) is 12.6 Å². The molecule has 2 aromatic rings. The van der Waals surface area contributed by atoms with Gasteiger partial charge in [0.1, 0.15) is 10.9 Å². The Bertz CT molecular complexity index is 558. The molecule has 1 aromatic heterocycles. The second-order valence-corrected chi connectivity index (χ2v) is 4.32. The molecule has 1 aromatic carbocycles. The molecule has 0 fully saturated rings. The van der Waals surface area contributed by atoms with Crippen LogP contribution in [0.2, 0.25) is 10.2 Å². The van der Waals surface area contributed by atoms with Gasteiger partial charge < -0.3 is 5.11 Å². The lowest BCUT2D eigenvalue weighted by Crippen LogP contribution is -1.94. The van der Waals surface area contributed by atoms with Crippen LogP contribution in [0.4, 0.5) is 0 Å². The van der Waals surface area contributed by atoms with Gasteiger partial charge in [-0.2, -0.15) is 0 Å². The maximum absolute atomic E-state index is 9.35. The van der Waals surface area contributed by atoms with E-state index in [1.807, 2.05) is 6.92 Å². The summed E-state index contributed by atoms with van der Waals surface area (Å²) in [5, 5.41) is 10.0. The first-order chi connectivity index (χ1) is 8.10. The Morgan fingerprint density at radius 3 is 2.59 bits per heavy atom. The number of hydrogen-bond acceptors (Lipinski definition) is 3. The molecule has 0 bridgehead atoms. The van der Waals surface area contributed by atoms with Gasteiger partial charge in [-0.1, -0.05) is 30.1 Å². The number of hydrogen-bond donors (Lipinski definition) is 1. The van der Waals surface area contributed by atoms with Crippen LogP contribution >= 0.6 is 23.2 Å². The van der Waals surface area contributed by atoms with Crippen LogP contribution in [0.15, 0.2) is 24.3 Å². The minimum absolute atomic E-state index is 0.0353. The summed E-state index contributed by atoms with van der Waals surface area (Å²) in [5.74, 6) is 0.546. The van der Waals surface area contributed by atoms with Crippen LogP contribution in [0.5, 0.6) is 5.75 Å². The van der Waals surface area contributed by atoms with E-state index in [2.05, 4.69) is 9.97 Å². The minimum Gasteiger partial charge on any atom is -0.506 e. The van der Waals surface area contributed by atoms with E-state index in [1.54, 1.807) is 18.2 Å². The van der Waals surface area contributed by atoms with Crippen molar-refractivity contribution in [3.63, 3.8) is 0 Å². The molecule has 3 nitrogen and oxygen atoms in total. The Hall–Kier alpha value is -1.32. The number of aromatic hydroxyl groups is 1. The van der Waals surface area contributed by atoms with Gasteiger partial charge in [-0.3, -0.25) is 0 Å². The molecule has 0 atom stereocenters. The summed E-state index contributed by atoms with van der Waals surface area (Å²) in [6.07, 6.45) is 0.779. The second kappa shape index (κ2) is 4.90. The number of phenols is 1. The summed E-state index contributed by atoms with van der Waals surface area (Å²) in [5.41, 5.74) is 1.59. The lowest BCUT2D eigenvalue weighted by atomic mass is 10.2. The lowest BCUT2D eigenvalue weighted by Gasteiger charge is -2.05. The SMILES string of the molecule is CCc1cc(Cl)nc(-c2ccc(O)c(Cl)c2)n1. The molecule has 1 N–H and O–H groups in total. The zero-order valence-corrected chi connectivity index (χ0v) is 10.6. The van der Waals surface area contributed by atoms with Crippen molar-refractivity contribution >= 4 is 23.2 Å². The average Bonchev–Trinajstić information content (AvgIpc) is 2.32. The molecule has 0 amide bonds. The number of phenolic OH excluding ortho intramolecular Hbond substituents is 1. The number of rotatable bonds is 2. The average molecular weight is 269 g/mol. The maximum Gasteiger partial charge on any atom is 0.161 e. The number of nitrogens with zero attached hydrogens (tertiary/aromatic N) is 2. The highest BCUT2D eigenvalue weighted by Crippen LogP contribution is 2.28. The monoisotopic (exact) mass is 268 g/mol. The third kappa shape index (κ3) is 2.68. The minimum atomic E-state index is 0.0353. The number of aromatic nitrogens is 2. The van der Waals surface area contributed by atoms with E-state index in [0.29, 0.717) is 11.0 Å². The van der Waals surface area contributed by atoms with Gasteiger partial charge >= 0.3 is 0 Å². The summed E-state index contributed by atoms with van der Waals surface area (Å²) in [6, 6.07) is 6.55. The summed E-state index contributed by atoms with van der Waals surface area (Å²) in [7, 11) is 0. The Morgan fingerprint density at radius 1 is 1.18 bits per heavy atom. The highest BCUT2D eigenvalue weighted by atomic mass is 35.5. The molecule has 0 saturated carbocycles. The first-order valence-corrected chi connectivity index (χ1v) is 5.88. The van der Waals surface area contributed by atoms with Gasteiger partial charge in [0.15, 0.2) is 5.82 Å². The lowest BCUT2D eigenvalue weighted by molar-refractivity contribution is 0.475. The summed E-state index contributed by atoms with van der Waals surface area (Å²) < 4.78 is 0. The Balaban J connectivity index is 2.52. The molecular weight excluding hydrogens is 259 g/mol. The predicted octanol–water partition coefficient (Wildman–Crippen LogP) is 3.72. The zero-order valence-electron chi connectivity index (χ0n) is 9.11. The zero-order chi connectivity index (χ0) is 12.4. The molecule has 5 heteroatoms. The molecule has 0 radical (unpaired) electrons. The van der Waals surface area contributed by atoms with E-state index in [-0.39, 0.29) is 10.8 Å². The molecule has 0 unspecified atom stereocenters. The summed E-state index contributed by atoms with van der Waals surface area (Å²) in [4.78, 5) is 8.49. The normalized spacial score (nSPS) is 10.5. The molecule has 0 aliphatic heterocycles. The van der Waals surface area contributed by atoms with Crippen molar-refractivity contribution in [3.05, 3.63) is 40.1 Å². The standard InChI is InChI=1S/C12H10Cl2N2O/c1-2-8-6-11(14)16-12(15-8)7-3-4-10(17)9(13)5-7/h3-6,17H,2H2,1H3. The van der Waals surface area contributed by atoms with E-state index in [9.17, 15) is 5.11 Å². The van der Waals surface area contributed by atoms with Crippen LogP contribution in [-0.2, 0) is 6.42 Å². The van der Waals surface area contributed by atoms with Crippen molar-refractivity contribution in [1.82, 2.24) is 9.97 Å². The van der Waals surface area contributed by atoms with Gasteiger partial charge in [-0.25, -0.2) is 9.97 Å². The predicted molar refractivity (Wildman–Crippen MR) is 68.5 cm³/mol. The third-order valence-electron chi connectivity index (χ3n) is 2.32. The van der Waals surface area contributed by atoms with E-state index in [0.717, 1.165) is 17.7 Å². The molecule has 0 aliphatic rings. The van der Waals surface area contributed by atoms with Crippen LogP contribution in [0.3, 0.4) is 0 Å². The van der Waals surface area contributed by atoms with Gasteiger partial charge in [0, 0.05) is 11.3 Å². The van der Waals surface area contributed by atoms with Crippen LogP contribution in [0.25, 0.3) is 11.4 Å². The van der Waals surface area contributed by atoms with E-state index < -0.39 is 0 Å².